The standard InChI is InChI=1S/C31H30N4O6/c1-19(36)18-40-28-17-25-24(16-27(28)39-4)26(14-15-32-25)41-23-12-10-21(11-13-23)33-30(37)29-20(2)34(3)35(31(29)38)22-8-6-5-7-9-22/h5-17,19,36H,18H2,1-4H3,(H,33,37). The summed E-state index contributed by atoms with van der Waals surface area (Å²) in [6.07, 6.45) is 0.997. The van der Waals surface area contributed by atoms with Crippen molar-refractivity contribution in [2.24, 2.45) is 7.05 Å². The number of aliphatic hydroxyl groups excluding tert-OH is 1. The molecule has 0 aliphatic carbocycles. The van der Waals surface area contributed by atoms with Crippen molar-refractivity contribution in [1.82, 2.24) is 14.3 Å². The number of amides is 1. The van der Waals surface area contributed by atoms with Crippen LogP contribution in [0.4, 0.5) is 5.69 Å². The van der Waals surface area contributed by atoms with Crippen LogP contribution in [0.3, 0.4) is 0 Å². The Bertz CT molecular complexity index is 1760. The van der Waals surface area contributed by atoms with E-state index in [1.165, 1.54) is 11.8 Å². The largest absolute Gasteiger partial charge is 0.493 e. The third-order valence-corrected chi connectivity index (χ3v) is 6.59. The van der Waals surface area contributed by atoms with Gasteiger partial charge < -0.3 is 24.6 Å². The van der Waals surface area contributed by atoms with Crippen LogP contribution in [0.5, 0.6) is 23.0 Å². The maximum atomic E-state index is 13.2. The average Bonchev–Trinajstić information content (AvgIpc) is 3.20. The van der Waals surface area contributed by atoms with E-state index in [1.54, 1.807) is 74.2 Å². The molecule has 0 spiro atoms. The number of nitrogens with zero attached hydrogens (tertiary/aromatic N) is 3. The van der Waals surface area contributed by atoms with Crippen LogP contribution in [-0.2, 0) is 7.05 Å². The third-order valence-electron chi connectivity index (χ3n) is 6.59. The Labute approximate surface area is 236 Å². The normalized spacial score (nSPS) is 11.7. The molecule has 0 aliphatic rings. The minimum atomic E-state index is -0.629. The summed E-state index contributed by atoms with van der Waals surface area (Å²) in [7, 11) is 3.28. The van der Waals surface area contributed by atoms with Gasteiger partial charge in [-0.25, -0.2) is 4.68 Å². The van der Waals surface area contributed by atoms with Gasteiger partial charge in [0.15, 0.2) is 11.5 Å². The van der Waals surface area contributed by atoms with Crippen LogP contribution in [0.2, 0.25) is 0 Å². The zero-order valence-electron chi connectivity index (χ0n) is 23.1. The monoisotopic (exact) mass is 554 g/mol. The number of aliphatic hydroxyl groups is 1. The summed E-state index contributed by atoms with van der Waals surface area (Å²) >= 11 is 0. The van der Waals surface area contributed by atoms with E-state index in [9.17, 15) is 14.7 Å². The van der Waals surface area contributed by atoms with Crippen LogP contribution in [0.25, 0.3) is 16.6 Å². The molecule has 2 aromatic heterocycles. The van der Waals surface area contributed by atoms with Gasteiger partial charge in [-0.2, -0.15) is 0 Å². The van der Waals surface area contributed by atoms with E-state index in [0.29, 0.717) is 51.0 Å². The van der Waals surface area contributed by atoms with Crippen molar-refractivity contribution in [2.45, 2.75) is 20.0 Å². The fourth-order valence-electron chi connectivity index (χ4n) is 4.46. The summed E-state index contributed by atoms with van der Waals surface area (Å²) in [5, 5.41) is 13.1. The molecule has 2 heterocycles. The Morgan fingerprint density at radius 3 is 2.44 bits per heavy atom. The van der Waals surface area contributed by atoms with Crippen molar-refractivity contribution in [3.05, 3.63) is 101 Å². The molecule has 5 aromatic rings. The highest BCUT2D eigenvalue weighted by atomic mass is 16.5. The zero-order valence-corrected chi connectivity index (χ0v) is 23.1. The summed E-state index contributed by atoms with van der Waals surface area (Å²) in [5.74, 6) is 1.54. The number of pyridine rings is 1. The number of benzene rings is 3. The quantitative estimate of drug-likeness (QED) is 0.268. The highest BCUT2D eigenvalue weighted by Gasteiger charge is 2.22. The van der Waals surface area contributed by atoms with Crippen LogP contribution < -0.4 is 25.1 Å². The first-order chi connectivity index (χ1) is 19.8. The molecule has 0 fully saturated rings. The van der Waals surface area contributed by atoms with Gasteiger partial charge in [-0.05, 0) is 62.4 Å². The molecule has 210 valence electrons. The summed E-state index contributed by atoms with van der Waals surface area (Å²) < 4.78 is 20.4. The van der Waals surface area contributed by atoms with Gasteiger partial charge in [-0.3, -0.25) is 19.3 Å². The van der Waals surface area contributed by atoms with Crippen LogP contribution in [0, 0.1) is 6.92 Å². The van der Waals surface area contributed by atoms with Gasteiger partial charge in [0.2, 0.25) is 0 Å². The van der Waals surface area contributed by atoms with E-state index in [1.807, 2.05) is 30.3 Å². The number of carbonyl (C=O) groups is 1. The number of hydrogen-bond donors (Lipinski definition) is 2. The van der Waals surface area contributed by atoms with Crippen molar-refractivity contribution in [1.29, 1.82) is 0 Å². The molecule has 1 unspecified atom stereocenters. The predicted molar refractivity (Wildman–Crippen MR) is 156 cm³/mol. The number of para-hydroxylation sites is 1. The van der Waals surface area contributed by atoms with E-state index in [2.05, 4.69) is 10.3 Å². The lowest BCUT2D eigenvalue weighted by molar-refractivity contribution is 0.102. The molecule has 1 atom stereocenters. The minimum absolute atomic E-state index is 0.0747. The van der Waals surface area contributed by atoms with Gasteiger partial charge in [-0.1, -0.05) is 18.2 Å². The van der Waals surface area contributed by atoms with E-state index >= 15 is 0 Å². The second kappa shape index (κ2) is 11.6. The van der Waals surface area contributed by atoms with Gasteiger partial charge in [0, 0.05) is 30.4 Å². The fraction of sp³-hybridized carbons (Fsp3) is 0.194. The molecule has 10 heteroatoms. The molecule has 1 amide bonds. The number of nitrogens with one attached hydrogen (secondary N) is 1. The maximum absolute atomic E-state index is 13.2. The van der Waals surface area contributed by atoms with Gasteiger partial charge in [0.25, 0.3) is 11.5 Å². The molecule has 0 aliphatic heterocycles. The van der Waals surface area contributed by atoms with Gasteiger partial charge in [0.1, 0.15) is 23.7 Å². The SMILES string of the molecule is COc1cc2c(Oc3ccc(NC(=O)c4c(C)n(C)n(-c5ccccc5)c4=O)cc3)ccnc2cc1OCC(C)O. The lowest BCUT2D eigenvalue weighted by Crippen LogP contribution is -2.25. The summed E-state index contributed by atoms with van der Waals surface area (Å²) in [6.45, 7) is 3.50. The van der Waals surface area contributed by atoms with Gasteiger partial charge >= 0.3 is 0 Å². The number of aromatic nitrogens is 3. The number of ether oxygens (including phenoxy) is 3. The van der Waals surface area contributed by atoms with Crippen molar-refractivity contribution in [3.63, 3.8) is 0 Å². The first-order valence-corrected chi connectivity index (χ1v) is 13.0. The Morgan fingerprint density at radius 1 is 1.02 bits per heavy atom. The number of hydrogen-bond acceptors (Lipinski definition) is 7. The molecule has 0 saturated carbocycles. The van der Waals surface area contributed by atoms with Gasteiger partial charge in [0.05, 0.1) is 30.1 Å². The van der Waals surface area contributed by atoms with Crippen LogP contribution in [0.1, 0.15) is 23.0 Å². The fourth-order valence-corrected chi connectivity index (χ4v) is 4.46. The maximum Gasteiger partial charge on any atom is 0.284 e. The lowest BCUT2D eigenvalue weighted by Gasteiger charge is -2.15. The third kappa shape index (κ3) is 5.64. The molecule has 41 heavy (non-hydrogen) atoms. The van der Waals surface area contributed by atoms with Crippen molar-refractivity contribution in [2.75, 3.05) is 19.0 Å². The Kier molecular flexibility index (Phi) is 7.75. The Hall–Kier alpha value is -5.09. The highest BCUT2D eigenvalue weighted by molar-refractivity contribution is 6.05. The van der Waals surface area contributed by atoms with Gasteiger partial charge in [-0.15, -0.1) is 0 Å². The number of anilines is 1. The van der Waals surface area contributed by atoms with Crippen LogP contribution in [-0.4, -0.2) is 45.2 Å². The van der Waals surface area contributed by atoms with Crippen LogP contribution >= 0.6 is 0 Å². The molecular formula is C31H30N4O6. The molecule has 5 rings (SSSR count). The summed E-state index contributed by atoms with van der Waals surface area (Å²) in [5.41, 5.74) is 2.05. The number of methoxy groups -OCH3 is 1. The molecule has 0 saturated heterocycles. The van der Waals surface area contributed by atoms with Crippen molar-refractivity contribution < 1.29 is 24.1 Å². The van der Waals surface area contributed by atoms with E-state index in [4.69, 9.17) is 14.2 Å². The second-order valence-electron chi connectivity index (χ2n) is 9.51. The van der Waals surface area contributed by atoms with E-state index in [-0.39, 0.29) is 12.2 Å². The van der Waals surface area contributed by atoms with E-state index in [0.717, 1.165) is 0 Å². The van der Waals surface area contributed by atoms with E-state index < -0.39 is 17.6 Å². The number of rotatable bonds is 9. The predicted octanol–water partition coefficient (Wildman–Crippen LogP) is 4.85. The molecular weight excluding hydrogens is 524 g/mol. The first-order valence-electron chi connectivity index (χ1n) is 13.0. The summed E-state index contributed by atoms with van der Waals surface area (Å²) in [6, 6.07) is 21.3. The lowest BCUT2D eigenvalue weighted by atomic mass is 10.1. The second-order valence-corrected chi connectivity index (χ2v) is 9.51. The Morgan fingerprint density at radius 2 is 1.76 bits per heavy atom. The molecule has 3 aromatic carbocycles. The molecule has 0 radical (unpaired) electrons. The minimum Gasteiger partial charge on any atom is -0.493 e. The topological polar surface area (TPSA) is 117 Å². The smallest absolute Gasteiger partial charge is 0.284 e. The molecule has 10 nitrogen and oxygen atoms in total. The number of carbonyl (C=O) groups excluding carboxylic acids is 1. The average molecular weight is 555 g/mol. The Balaban J connectivity index is 1.35. The number of fused-ring (bicyclic) bond motifs is 1. The first kappa shape index (κ1) is 27.5. The van der Waals surface area contributed by atoms with Crippen molar-refractivity contribution >= 4 is 22.5 Å². The summed E-state index contributed by atoms with van der Waals surface area (Å²) in [4.78, 5) is 30.7. The highest BCUT2D eigenvalue weighted by Crippen LogP contribution is 2.37. The van der Waals surface area contributed by atoms with Crippen molar-refractivity contribution in [3.8, 4) is 28.7 Å². The van der Waals surface area contributed by atoms with Crippen LogP contribution in [0.15, 0.2) is 83.8 Å². The molecule has 0 bridgehead atoms. The molecule has 2 N–H and O–H groups in total. The zero-order chi connectivity index (χ0) is 29.1.